The molecule has 2 heteroatoms. The Kier molecular flexibility index (Phi) is 12.9. The van der Waals surface area contributed by atoms with Crippen LogP contribution < -0.4 is 9.47 Å². The molecule has 2 nitrogen and oxygen atoms in total. The van der Waals surface area contributed by atoms with Crippen LogP contribution in [0, 0.1) is 5.92 Å². The van der Waals surface area contributed by atoms with E-state index in [9.17, 15) is 0 Å². The predicted octanol–water partition coefficient (Wildman–Crippen LogP) is 8.42. The van der Waals surface area contributed by atoms with Crippen molar-refractivity contribution in [1.82, 2.24) is 0 Å². The molecule has 2 aromatic carbocycles. The maximum atomic E-state index is 5.32. The van der Waals surface area contributed by atoms with Crippen molar-refractivity contribution in [3.63, 3.8) is 0 Å². The van der Waals surface area contributed by atoms with Crippen molar-refractivity contribution >= 4 is 0 Å². The number of methoxy groups -OCH3 is 2. The second-order valence-corrected chi connectivity index (χ2v) is 8.92. The molecule has 31 heavy (non-hydrogen) atoms. The van der Waals surface area contributed by atoms with Crippen LogP contribution in [-0.2, 0) is 12.8 Å². The molecule has 2 aromatic rings. The maximum absolute atomic E-state index is 5.32. The Morgan fingerprint density at radius 1 is 0.581 bits per heavy atom. The van der Waals surface area contributed by atoms with E-state index >= 15 is 0 Å². The van der Waals surface area contributed by atoms with E-state index in [-0.39, 0.29) is 0 Å². The van der Waals surface area contributed by atoms with E-state index in [0.717, 1.165) is 17.4 Å². The Labute approximate surface area is 191 Å². The van der Waals surface area contributed by atoms with Crippen LogP contribution in [0.5, 0.6) is 11.5 Å². The van der Waals surface area contributed by atoms with Gasteiger partial charge in [-0.25, -0.2) is 0 Å². The first-order valence-electron chi connectivity index (χ1n) is 12.5. The lowest BCUT2D eigenvalue weighted by Gasteiger charge is -2.17. The van der Waals surface area contributed by atoms with Gasteiger partial charge in [0, 0.05) is 0 Å². The van der Waals surface area contributed by atoms with Gasteiger partial charge in [-0.2, -0.15) is 0 Å². The molecule has 0 bridgehead atoms. The van der Waals surface area contributed by atoms with Gasteiger partial charge in [0.25, 0.3) is 0 Å². The molecule has 0 radical (unpaired) electrons. The van der Waals surface area contributed by atoms with Crippen LogP contribution >= 0.6 is 0 Å². The molecule has 0 aliphatic carbocycles. The normalized spacial score (nSPS) is 12.0. The number of hydrogen-bond donors (Lipinski definition) is 0. The molecular weight excluding hydrogens is 380 g/mol. The van der Waals surface area contributed by atoms with Gasteiger partial charge in [0.15, 0.2) is 0 Å². The van der Waals surface area contributed by atoms with Crippen molar-refractivity contribution in [1.29, 1.82) is 0 Å². The van der Waals surface area contributed by atoms with Crippen LogP contribution in [0.15, 0.2) is 48.5 Å². The summed E-state index contributed by atoms with van der Waals surface area (Å²) in [6.07, 6.45) is 17.4. The largest absolute Gasteiger partial charge is 0.497 e. The number of hydrogen-bond acceptors (Lipinski definition) is 2. The molecule has 0 aliphatic rings. The van der Waals surface area contributed by atoms with E-state index in [1.54, 1.807) is 14.2 Å². The molecule has 0 N–H and O–H groups in total. The van der Waals surface area contributed by atoms with Crippen LogP contribution in [0.1, 0.15) is 88.7 Å². The highest BCUT2D eigenvalue weighted by Gasteiger charge is 2.10. The minimum Gasteiger partial charge on any atom is -0.497 e. The lowest BCUT2D eigenvalue weighted by Crippen LogP contribution is -2.05. The molecule has 172 valence electrons. The summed E-state index contributed by atoms with van der Waals surface area (Å²) in [7, 11) is 3.46. The van der Waals surface area contributed by atoms with E-state index in [1.807, 2.05) is 0 Å². The maximum Gasteiger partial charge on any atom is 0.118 e. The van der Waals surface area contributed by atoms with Crippen molar-refractivity contribution < 1.29 is 9.47 Å². The van der Waals surface area contributed by atoms with Gasteiger partial charge in [0.05, 0.1) is 14.2 Å². The smallest absolute Gasteiger partial charge is 0.118 e. The van der Waals surface area contributed by atoms with Crippen molar-refractivity contribution in [3.05, 3.63) is 59.7 Å². The minimum absolute atomic E-state index is 0.816. The third-order valence-electron chi connectivity index (χ3n) is 6.39. The summed E-state index contributed by atoms with van der Waals surface area (Å²) in [6, 6.07) is 17.2. The molecule has 0 heterocycles. The van der Waals surface area contributed by atoms with Crippen LogP contribution in [0.3, 0.4) is 0 Å². The first kappa shape index (κ1) is 25.3. The van der Waals surface area contributed by atoms with Gasteiger partial charge < -0.3 is 9.47 Å². The van der Waals surface area contributed by atoms with Gasteiger partial charge in [0.2, 0.25) is 0 Å². The molecule has 0 saturated heterocycles. The highest BCUT2D eigenvalue weighted by atomic mass is 16.5. The van der Waals surface area contributed by atoms with Gasteiger partial charge in [-0.15, -0.1) is 0 Å². The molecule has 0 aromatic heterocycles. The Bertz CT molecular complexity index is 675. The van der Waals surface area contributed by atoms with E-state index < -0.39 is 0 Å². The van der Waals surface area contributed by atoms with Gasteiger partial charge >= 0.3 is 0 Å². The van der Waals surface area contributed by atoms with Gasteiger partial charge in [0.1, 0.15) is 11.5 Å². The summed E-state index contributed by atoms with van der Waals surface area (Å²) < 4.78 is 10.6. The first-order valence-corrected chi connectivity index (χ1v) is 12.5. The SMILES string of the molecule is CCCCCCCC(CCCCCCc1ccc(OC)cc1)Cc1ccc(OC)cc1. The van der Waals surface area contributed by atoms with Gasteiger partial charge in [-0.1, -0.05) is 95.4 Å². The van der Waals surface area contributed by atoms with Crippen molar-refractivity contribution in [2.24, 2.45) is 5.92 Å². The quantitative estimate of drug-likeness (QED) is 0.237. The number of aryl methyl sites for hydroxylation is 1. The number of unbranched alkanes of at least 4 members (excludes halogenated alkanes) is 7. The monoisotopic (exact) mass is 424 g/mol. The fourth-order valence-corrected chi connectivity index (χ4v) is 4.39. The highest BCUT2D eigenvalue weighted by Crippen LogP contribution is 2.24. The predicted molar refractivity (Wildman–Crippen MR) is 133 cm³/mol. The molecule has 1 unspecified atom stereocenters. The van der Waals surface area contributed by atoms with Gasteiger partial charge in [-0.05, 0) is 60.6 Å². The third kappa shape index (κ3) is 10.8. The average molecular weight is 425 g/mol. The number of ether oxygens (including phenoxy) is 2. The standard InChI is InChI=1S/C29H44O2/c1-4-5-6-7-11-14-26(24-27-18-22-29(31-3)23-19-27)15-12-9-8-10-13-25-16-20-28(30-2)21-17-25/h16-23,26H,4-15,24H2,1-3H3. The van der Waals surface area contributed by atoms with E-state index in [1.165, 1.54) is 94.6 Å². The summed E-state index contributed by atoms with van der Waals surface area (Å²) in [5.74, 6) is 2.72. The molecule has 2 rings (SSSR count). The number of rotatable bonds is 17. The summed E-state index contributed by atoms with van der Waals surface area (Å²) >= 11 is 0. The Balaban J connectivity index is 1.69. The molecule has 0 spiro atoms. The van der Waals surface area contributed by atoms with Crippen molar-refractivity contribution in [2.75, 3.05) is 14.2 Å². The Hall–Kier alpha value is -1.96. The zero-order valence-electron chi connectivity index (χ0n) is 20.2. The highest BCUT2D eigenvalue weighted by molar-refractivity contribution is 5.28. The molecule has 0 saturated carbocycles. The summed E-state index contributed by atoms with van der Waals surface area (Å²) in [4.78, 5) is 0. The minimum atomic E-state index is 0.816. The number of benzene rings is 2. The van der Waals surface area contributed by atoms with Gasteiger partial charge in [-0.3, -0.25) is 0 Å². The summed E-state index contributed by atoms with van der Waals surface area (Å²) in [5.41, 5.74) is 2.88. The van der Waals surface area contributed by atoms with E-state index in [2.05, 4.69) is 55.5 Å². The van der Waals surface area contributed by atoms with E-state index in [0.29, 0.717) is 0 Å². The van der Waals surface area contributed by atoms with Crippen LogP contribution in [0.2, 0.25) is 0 Å². The van der Waals surface area contributed by atoms with Crippen LogP contribution in [0.25, 0.3) is 0 Å². The van der Waals surface area contributed by atoms with Crippen molar-refractivity contribution in [2.45, 2.75) is 90.4 Å². The fourth-order valence-electron chi connectivity index (χ4n) is 4.39. The fraction of sp³-hybridized carbons (Fsp3) is 0.586. The van der Waals surface area contributed by atoms with Crippen molar-refractivity contribution in [3.8, 4) is 11.5 Å². The Morgan fingerprint density at radius 2 is 1.06 bits per heavy atom. The van der Waals surface area contributed by atoms with Crippen LogP contribution in [0.4, 0.5) is 0 Å². The zero-order chi connectivity index (χ0) is 22.2. The zero-order valence-corrected chi connectivity index (χ0v) is 20.2. The third-order valence-corrected chi connectivity index (χ3v) is 6.39. The summed E-state index contributed by atoms with van der Waals surface area (Å²) in [6.45, 7) is 2.29. The lowest BCUT2D eigenvalue weighted by molar-refractivity contribution is 0.400. The van der Waals surface area contributed by atoms with E-state index in [4.69, 9.17) is 9.47 Å². The second-order valence-electron chi connectivity index (χ2n) is 8.92. The molecule has 0 amide bonds. The Morgan fingerprint density at radius 3 is 1.58 bits per heavy atom. The lowest BCUT2D eigenvalue weighted by atomic mass is 9.88. The topological polar surface area (TPSA) is 18.5 Å². The molecule has 0 aliphatic heterocycles. The molecule has 0 fully saturated rings. The summed E-state index contributed by atoms with van der Waals surface area (Å²) in [5, 5.41) is 0. The first-order chi connectivity index (χ1) is 15.2. The molecular formula is C29H44O2. The molecule has 1 atom stereocenters. The average Bonchev–Trinajstić information content (AvgIpc) is 2.81. The second kappa shape index (κ2) is 15.8. The van der Waals surface area contributed by atoms with Crippen LogP contribution in [-0.4, -0.2) is 14.2 Å².